The van der Waals surface area contributed by atoms with Gasteiger partial charge in [0.05, 0.1) is 11.5 Å². The summed E-state index contributed by atoms with van der Waals surface area (Å²) in [6, 6.07) is 9.93. The molecule has 1 spiro atoms. The lowest BCUT2D eigenvalue weighted by Crippen LogP contribution is -2.21. The minimum Gasteiger partial charge on any atom is -0.325 e. The molecule has 3 heteroatoms. The molecule has 2 unspecified atom stereocenters. The van der Waals surface area contributed by atoms with Crippen LogP contribution in [0.4, 0.5) is 5.69 Å². The number of nitrogens with one attached hydrogen (secondary N) is 1. The topological polar surface area (TPSA) is 52.9 Å². The van der Waals surface area contributed by atoms with Crippen molar-refractivity contribution in [3.63, 3.8) is 0 Å². The van der Waals surface area contributed by atoms with Crippen molar-refractivity contribution in [2.75, 3.05) is 5.32 Å². The highest BCUT2D eigenvalue weighted by Gasteiger charge is 2.64. The van der Waals surface area contributed by atoms with Crippen LogP contribution in [0.25, 0.3) is 0 Å². The van der Waals surface area contributed by atoms with Crippen LogP contribution < -0.4 is 5.32 Å². The third kappa shape index (κ3) is 0.913. The number of benzene rings is 1. The standard InChI is InChI=1S/C12H10N2O/c13-6-5-8-7-12(8)9-3-1-2-4-10(9)14-11(12)15/h1-4,8H,5,7H2,(H,14,15). The molecule has 1 N–H and O–H groups in total. The molecule has 0 saturated heterocycles. The number of anilines is 1. The average molecular weight is 198 g/mol. The summed E-state index contributed by atoms with van der Waals surface area (Å²) in [4.78, 5) is 11.9. The quantitative estimate of drug-likeness (QED) is 0.748. The third-order valence-electron chi connectivity index (χ3n) is 3.50. The van der Waals surface area contributed by atoms with Gasteiger partial charge in [0.1, 0.15) is 0 Å². The van der Waals surface area contributed by atoms with Gasteiger partial charge in [0.15, 0.2) is 0 Å². The first-order valence-corrected chi connectivity index (χ1v) is 5.07. The summed E-state index contributed by atoms with van der Waals surface area (Å²) in [6.07, 6.45) is 1.30. The Morgan fingerprint density at radius 3 is 3.13 bits per heavy atom. The molecule has 0 bridgehead atoms. The molecule has 1 aromatic rings. The number of hydrogen-bond acceptors (Lipinski definition) is 2. The van der Waals surface area contributed by atoms with Crippen molar-refractivity contribution in [2.24, 2.45) is 5.92 Å². The molecule has 3 nitrogen and oxygen atoms in total. The monoisotopic (exact) mass is 198 g/mol. The summed E-state index contributed by atoms with van der Waals surface area (Å²) >= 11 is 0. The van der Waals surface area contributed by atoms with Crippen molar-refractivity contribution in [1.82, 2.24) is 0 Å². The molecule has 1 aliphatic heterocycles. The first-order chi connectivity index (χ1) is 7.29. The van der Waals surface area contributed by atoms with E-state index in [1.54, 1.807) is 0 Å². The Morgan fingerprint density at radius 1 is 1.53 bits per heavy atom. The van der Waals surface area contributed by atoms with E-state index in [0.717, 1.165) is 17.7 Å². The highest BCUT2D eigenvalue weighted by atomic mass is 16.2. The van der Waals surface area contributed by atoms with Crippen LogP contribution in [0.2, 0.25) is 0 Å². The van der Waals surface area contributed by atoms with Gasteiger partial charge in [-0.2, -0.15) is 5.26 Å². The minimum atomic E-state index is -0.369. The van der Waals surface area contributed by atoms with Gasteiger partial charge in [0, 0.05) is 12.1 Å². The van der Waals surface area contributed by atoms with E-state index < -0.39 is 0 Å². The maximum Gasteiger partial charge on any atom is 0.235 e. The van der Waals surface area contributed by atoms with Gasteiger partial charge in [-0.15, -0.1) is 0 Å². The van der Waals surface area contributed by atoms with Gasteiger partial charge in [-0.1, -0.05) is 18.2 Å². The van der Waals surface area contributed by atoms with Crippen LogP contribution in [0.3, 0.4) is 0 Å². The number of para-hydroxylation sites is 1. The Hall–Kier alpha value is -1.82. The molecule has 0 aromatic heterocycles. The lowest BCUT2D eigenvalue weighted by molar-refractivity contribution is -0.118. The van der Waals surface area contributed by atoms with Gasteiger partial charge in [0.2, 0.25) is 5.91 Å². The van der Waals surface area contributed by atoms with Gasteiger partial charge in [-0.25, -0.2) is 0 Å². The van der Waals surface area contributed by atoms with Gasteiger partial charge in [0.25, 0.3) is 0 Å². The number of hydrogen-bond donors (Lipinski definition) is 1. The van der Waals surface area contributed by atoms with E-state index in [-0.39, 0.29) is 17.2 Å². The van der Waals surface area contributed by atoms with Crippen LogP contribution in [-0.2, 0) is 10.2 Å². The van der Waals surface area contributed by atoms with Gasteiger partial charge >= 0.3 is 0 Å². The zero-order valence-corrected chi connectivity index (χ0v) is 8.16. The number of carbonyl (C=O) groups excluding carboxylic acids is 1. The second-order valence-corrected chi connectivity index (χ2v) is 4.23. The lowest BCUT2D eigenvalue weighted by atomic mass is 9.94. The third-order valence-corrected chi connectivity index (χ3v) is 3.50. The normalized spacial score (nSPS) is 30.9. The van der Waals surface area contributed by atoms with E-state index in [1.165, 1.54) is 0 Å². The van der Waals surface area contributed by atoms with E-state index in [4.69, 9.17) is 5.26 Å². The zero-order chi connectivity index (χ0) is 10.5. The zero-order valence-electron chi connectivity index (χ0n) is 8.16. The Kier molecular flexibility index (Phi) is 1.47. The van der Waals surface area contributed by atoms with E-state index in [1.807, 2.05) is 24.3 Å². The molecule has 1 aromatic carbocycles. The fraction of sp³-hybridized carbons (Fsp3) is 0.333. The van der Waals surface area contributed by atoms with Crippen molar-refractivity contribution in [2.45, 2.75) is 18.3 Å². The SMILES string of the molecule is N#CCC1CC12C(=O)Nc1ccccc12. The van der Waals surface area contributed by atoms with Crippen molar-refractivity contribution in [3.05, 3.63) is 29.8 Å². The Balaban J connectivity index is 2.06. The molecular formula is C12H10N2O. The number of nitrogens with zero attached hydrogens (tertiary/aromatic N) is 1. The number of carbonyl (C=O) groups is 1. The Morgan fingerprint density at radius 2 is 2.33 bits per heavy atom. The molecule has 1 heterocycles. The summed E-state index contributed by atoms with van der Waals surface area (Å²) in [5.74, 6) is 0.287. The molecule has 1 amide bonds. The van der Waals surface area contributed by atoms with Crippen molar-refractivity contribution < 1.29 is 4.79 Å². The lowest BCUT2D eigenvalue weighted by Gasteiger charge is -2.05. The number of fused-ring (bicyclic) bond motifs is 2. The van der Waals surface area contributed by atoms with Crippen LogP contribution in [-0.4, -0.2) is 5.91 Å². The molecule has 0 radical (unpaired) electrons. The molecule has 3 rings (SSSR count). The number of rotatable bonds is 1. The molecule has 15 heavy (non-hydrogen) atoms. The van der Waals surface area contributed by atoms with Crippen LogP contribution in [0.5, 0.6) is 0 Å². The van der Waals surface area contributed by atoms with Crippen LogP contribution in [0, 0.1) is 17.2 Å². The van der Waals surface area contributed by atoms with Crippen molar-refractivity contribution in [1.29, 1.82) is 5.26 Å². The first kappa shape index (κ1) is 8.49. The fourth-order valence-electron chi connectivity index (χ4n) is 2.63. The molecule has 1 fully saturated rings. The predicted molar refractivity (Wildman–Crippen MR) is 55.1 cm³/mol. The van der Waals surface area contributed by atoms with E-state index in [2.05, 4.69) is 11.4 Å². The molecule has 1 saturated carbocycles. The maximum atomic E-state index is 11.9. The summed E-state index contributed by atoms with van der Waals surface area (Å²) in [7, 11) is 0. The smallest absolute Gasteiger partial charge is 0.235 e. The van der Waals surface area contributed by atoms with E-state index in [0.29, 0.717) is 6.42 Å². The minimum absolute atomic E-state index is 0.0731. The van der Waals surface area contributed by atoms with E-state index >= 15 is 0 Å². The summed E-state index contributed by atoms with van der Waals surface area (Å²) in [5, 5.41) is 11.6. The Bertz CT molecular complexity index is 489. The molecule has 1 aliphatic carbocycles. The van der Waals surface area contributed by atoms with Gasteiger partial charge in [-0.05, 0) is 24.0 Å². The largest absolute Gasteiger partial charge is 0.325 e. The van der Waals surface area contributed by atoms with Crippen molar-refractivity contribution in [3.8, 4) is 6.07 Å². The van der Waals surface area contributed by atoms with Crippen LogP contribution in [0.15, 0.2) is 24.3 Å². The predicted octanol–water partition coefficient (Wildman–Crippen LogP) is 1.81. The first-order valence-electron chi connectivity index (χ1n) is 5.07. The maximum absolute atomic E-state index is 11.9. The van der Waals surface area contributed by atoms with Crippen LogP contribution in [0.1, 0.15) is 18.4 Å². The summed E-state index contributed by atoms with van der Waals surface area (Å²) < 4.78 is 0. The van der Waals surface area contributed by atoms with Gasteiger partial charge in [-0.3, -0.25) is 4.79 Å². The van der Waals surface area contributed by atoms with Crippen molar-refractivity contribution >= 4 is 11.6 Å². The highest BCUT2D eigenvalue weighted by molar-refractivity contribution is 6.08. The average Bonchev–Trinajstić information content (AvgIpc) is 2.87. The second kappa shape index (κ2) is 2.60. The fourth-order valence-corrected chi connectivity index (χ4v) is 2.63. The van der Waals surface area contributed by atoms with E-state index in [9.17, 15) is 4.79 Å². The molecular weight excluding hydrogens is 188 g/mol. The van der Waals surface area contributed by atoms with Crippen LogP contribution >= 0.6 is 0 Å². The Labute approximate surface area is 87.7 Å². The molecule has 2 atom stereocenters. The van der Waals surface area contributed by atoms with Gasteiger partial charge < -0.3 is 5.32 Å². The number of nitriles is 1. The highest BCUT2D eigenvalue weighted by Crippen LogP contribution is 2.61. The molecule has 2 aliphatic rings. The summed E-state index contributed by atoms with van der Waals surface area (Å²) in [5.41, 5.74) is 1.63. The molecule has 74 valence electrons. The summed E-state index contributed by atoms with van der Waals surface area (Å²) in [6.45, 7) is 0. The second-order valence-electron chi connectivity index (χ2n) is 4.23. The number of amides is 1.